The number of rotatable bonds is 2. The van der Waals surface area contributed by atoms with E-state index in [1.807, 2.05) is 6.92 Å². The summed E-state index contributed by atoms with van der Waals surface area (Å²) in [5.41, 5.74) is 0.822. The highest BCUT2D eigenvalue weighted by molar-refractivity contribution is 5.26. The maximum absolute atomic E-state index is 11.1. The minimum absolute atomic E-state index is 0.118. The van der Waals surface area contributed by atoms with E-state index in [2.05, 4.69) is 26.8 Å². The molecule has 3 nitrogen and oxygen atoms in total. The van der Waals surface area contributed by atoms with Crippen molar-refractivity contribution in [2.75, 3.05) is 6.61 Å². The molecular weight excluding hydrogens is 288 g/mol. The average molecular weight is 322 g/mol. The van der Waals surface area contributed by atoms with Crippen molar-refractivity contribution in [2.45, 2.75) is 71.5 Å². The number of hydrogen-bond donors (Lipinski definition) is 3. The van der Waals surface area contributed by atoms with Gasteiger partial charge in [-0.25, -0.2) is 0 Å². The predicted octanol–water partition coefficient (Wildman–Crippen LogP) is 3.14. The summed E-state index contributed by atoms with van der Waals surface area (Å²) in [4.78, 5) is 0. The van der Waals surface area contributed by atoms with Crippen LogP contribution >= 0.6 is 0 Å². The van der Waals surface area contributed by atoms with Crippen LogP contribution in [0.5, 0.6) is 0 Å². The number of fused-ring (bicyclic) bond motifs is 2. The Morgan fingerprint density at radius 3 is 2.61 bits per heavy atom. The lowest BCUT2D eigenvalue weighted by molar-refractivity contribution is -0.0709. The fourth-order valence-electron chi connectivity index (χ4n) is 6.09. The quantitative estimate of drug-likeness (QED) is 0.685. The zero-order chi connectivity index (χ0) is 17.0. The molecule has 0 heterocycles. The second-order valence-corrected chi connectivity index (χ2v) is 9.31. The standard InChI is InChI=1S/C20H34O3/c1-12(2)14-5-7-19(3)10-15-13(11-21)9-17(22)18(15)20(4,23)8-6-16(14)19/h6,12-15,17-18,21-23H,5,7-11H2,1-4H3/b16-6-/t13-,14+,15+,17+,18-,19+,20-/m1/s1. The first-order valence-electron chi connectivity index (χ1n) is 9.41. The molecule has 3 aliphatic rings. The molecule has 0 spiro atoms. The molecule has 0 unspecified atom stereocenters. The lowest BCUT2D eigenvalue weighted by atomic mass is 9.64. The number of allylic oxidation sites excluding steroid dienone is 1. The SMILES string of the molecule is CC(C)[C@@H]1CC[C@@]2(C)C[C@H]3[C@@H](CO)C[C@H](O)[C@@H]3[C@](C)(O)C/C=C/12. The molecule has 3 aliphatic carbocycles. The Labute approximate surface area is 140 Å². The Kier molecular flexibility index (Phi) is 4.44. The van der Waals surface area contributed by atoms with Gasteiger partial charge in [0, 0.05) is 12.5 Å². The van der Waals surface area contributed by atoms with Crippen LogP contribution in [-0.4, -0.2) is 33.6 Å². The molecule has 0 saturated heterocycles. The van der Waals surface area contributed by atoms with Crippen molar-refractivity contribution >= 4 is 0 Å². The molecule has 3 N–H and O–H groups in total. The first-order valence-corrected chi connectivity index (χ1v) is 9.41. The predicted molar refractivity (Wildman–Crippen MR) is 91.8 cm³/mol. The molecule has 0 amide bonds. The Hall–Kier alpha value is -0.380. The van der Waals surface area contributed by atoms with E-state index in [1.165, 1.54) is 18.4 Å². The normalized spacial score (nSPS) is 52.5. The Balaban J connectivity index is 2.01. The minimum Gasteiger partial charge on any atom is -0.396 e. The van der Waals surface area contributed by atoms with Crippen LogP contribution in [0.4, 0.5) is 0 Å². The second kappa shape index (κ2) is 5.86. The van der Waals surface area contributed by atoms with Gasteiger partial charge in [-0.1, -0.05) is 32.4 Å². The molecule has 23 heavy (non-hydrogen) atoms. The van der Waals surface area contributed by atoms with Crippen LogP contribution in [0.2, 0.25) is 0 Å². The molecule has 0 aromatic heterocycles. The van der Waals surface area contributed by atoms with E-state index < -0.39 is 11.7 Å². The second-order valence-electron chi connectivity index (χ2n) is 9.31. The van der Waals surface area contributed by atoms with Crippen LogP contribution in [0.1, 0.15) is 59.8 Å². The smallest absolute Gasteiger partial charge is 0.0709 e. The van der Waals surface area contributed by atoms with Crippen LogP contribution in [0.3, 0.4) is 0 Å². The van der Waals surface area contributed by atoms with Crippen molar-refractivity contribution in [2.24, 2.45) is 35.0 Å². The van der Waals surface area contributed by atoms with E-state index in [4.69, 9.17) is 0 Å². The Morgan fingerprint density at radius 1 is 1.30 bits per heavy atom. The summed E-state index contributed by atoms with van der Waals surface area (Å²) >= 11 is 0. The maximum atomic E-state index is 11.1. The molecule has 3 rings (SSSR count). The van der Waals surface area contributed by atoms with E-state index >= 15 is 0 Å². The van der Waals surface area contributed by atoms with Crippen molar-refractivity contribution < 1.29 is 15.3 Å². The third-order valence-corrected chi connectivity index (χ3v) is 7.31. The van der Waals surface area contributed by atoms with Gasteiger partial charge in [0.25, 0.3) is 0 Å². The third kappa shape index (κ3) is 2.79. The molecule has 7 atom stereocenters. The van der Waals surface area contributed by atoms with Crippen LogP contribution in [0.15, 0.2) is 11.6 Å². The molecular formula is C20H34O3. The lowest BCUT2D eigenvalue weighted by Crippen LogP contribution is -2.45. The first-order chi connectivity index (χ1) is 10.7. The zero-order valence-electron chi connectivity index (χ0n) is 15.1. The van der Waals surface area contributed by atoms with Crippen LogP contribution in [0.25, 0.3) is 0 Å². The summed E-state index contributed by atoms with van der Waals surface area (Å²) in [6.07, 6.45) is 6.47. The molecule has 2 saturated carbocycles. The molecule has 0 aromatic carbocycles. The van der Waals surface area contributed by atoms with E-state index in [0.29, 0.717) is 24.7 Å². The van der Waals surface area contributed by atoms with Gasteiger partial charge in [0.1, 0.15) is 0 Å². The van der Waals surface area contributed by atoms with E-state index in [9.17, 15) is 15.3 Å². The van der Waals surface area contributed by atoms with Crippen molar-refractivity contribution in [1.82, 2.24) is 0 Å². The maximum Gasteiger partial charge on any atom is 0.0709 e. The van der Waals surface area contributed by atoms with Gasteiger partial charge < -0.3 is 15.3 Å². The highest BCUT2D eigenvalue weighted by Gasteiger charge is 2.55. The fourth-order valence-corrected chi connectivity index (χ4v) is 6.09. The van der Waals surface area contributed by atoms with Gasteiger partial charge in [-0.05, 0) is 68.1 Å². The topological polar surface area (TPSA) is 60.7 Å². The van der Waals surface area contributed by atoms with Gasteiger partial charge in [-0.15, -0.1) is 0 Å². The molecule has 0 aliphatic heterocycles. The number of hydrogen-bond acceptors (Lipinski definition) is 3. The summed E-state index contributed by atoms with van der Waals surface area (Å²) in [5, 5.41) is 31.4. The van der Waals surface area contributed by atoms with Crippen molar-refractivity contribution in [3.8, 4) is 0 Å². The van der Waals surface area contributed by atoms with Crippen molar-refractivity contribution in [1.29, 1.82) is 0 Å². The van der Waals surface area contributed by atoms with Crippen LogP contribution in [0, 0.1) is 35.0 Å². The van der Waals surface area contributed by atoms with Gasteiger partial charge in [-0.3, -0.25) is 0 Å². The summed E-state index contributed by atoms with van der Waals surface area (Å²) in [7, 11) is 0. The fraction of sp³-hybridized carbons (Fsp3) is 0.900. The molecule has 132 valence electrons. The molecule has 0 radical (unpaired) electrons. The van der Waals surface area contributed by atoms with Gasteiger partial charge in [0.2, 0.25) is 0 Å². The first kappa shape index (κ1) is 17.4. The van der Waals surface area contributed by atoms with Crippen LogP contribution in [-0.2, 0) is 0 Å². The largest absolute Gasteiger partial charge is 0.396 e. The van der Waals surface area contributed by atoms with Gasteiger partial charge in [0.05, 0.1) is 11.7 Å². The summed E-state index contributed by atoms with van der Waals surface area (Å²) in [6.45, 7) is 8.97. The Morgan fingerprint density at radius 2 is 2.00 bits per heavy atom. The van der Waals surface area contributed by atoms with Crippen LogP contribution < -0.4 is 0 Å². The number of aliphatic hydroxyl groups is 3. The highest BCUT2D eigenvalue weighted by atomic mass is 16.3. The molecule has 0 bridgehead atoms. The highest BCUT2D eigenvalue weighted by Crippen LogP contribution is 2.58. The van der Waals surface area contributed by atoms with Gasteiger partial charge in [-0.2, -0.15) is 0 Å². The van der Waals surface area contributed by atoms with E-state index in [0.717, 1.165) is 6.42 Å². The average Bonchev–Trinajstić information content (AvgIpc) is 2.93. The molecule has 3 heteroatoms. The summed E-state index contributed by atoms with van der Waals surface area (Å²) < 4.78 is 0. The summed E-state index contributed by atoms with van der Waals surface area (Å²) in [6, 6.07) is 0. The number of aliphatic hydroxyl groups excluding tert-OH is 2. The molecule has 0 aromatic rings. The molecule has 2 fully saturated rings. The minimum atomic E-state index is -0.882. The summed E-state index contributed by atoms with van der Waals surface area (Å²) in [5.74, 6) is 1.46. The monoisotopic (exact) mass is 322 g/mol. The zero-order valence-corrected chi connectivity index (χ0v) is 15.1. The van der Waals surface area contributed by atoms with Crippen molar-refractivity contribution in [3.63, 3.8) is 0 Å². The van der Waals surface area contributed by atoms with E-state index in [-0.39, 0.29) is 29.8 Å². The lowest BCUT2D eigenvalue weighted by Gasteiger charge is -2.43. The van der Waals surface area contributed by atoms with E-state index in [1.54, 1.807) is 0 Å². The third-order valence-electron chi connectivity index (χ3n) is 7.31. The van der Waals surface area contributed by atoms with Gasteiger partial charge in [0.15, 0.2) is 0 Å². The van der Waals surface area contributed by atoms with Crippen molar-refractivity contribution in [3.05, 3.63) is 11.6 Å². The Bertz CT molecular complexity index is 481. The van der Waals surface area contributed by atoms with Gasteiger partial charge >= 0.3 is 0 Å².